The average molecular weight is 229 g/mol. The van der Waals surface area contributed by atoms with Crippen molar-refractivity contribution in [3.63, 3.8) is 0 Å². The fourth-order valence-corrected chi connectivity index (χ4v) is 1.25. The van der Waals surface area contributed by atoms with Gasteiger partial charge in [0.25, 0.3) is 0 Å². The molecule has 0 aliphatic heterocycles. The topological polar surface area (TPSA) is 84.2 Å². The van der Waals surface area contributed by atoms with Gasteiger partial charge in [-0.05, 0) is 33.1 Å². The fraction of sp³-hybridized carbons (Fsp3) is 0.818. The van der Waals surface area contributed by atoms with Crippen molar-refractivity contribution in [3.8, 4) is 0 Å². The summed E-state index contributed by atoms with van der Waals surface area (Å²) in [5.74, 6) is -0.204. The van der Waals surface area contributed by atoms with Crippen molar-refractivity contribution < 1.29 is 9.59 Å². The lowest BCUT2D eigenvalue weighted by Gasteiger charge is -2.23. The zero-order valence-electron chi connectivity index (χ0n) is 10.8. The molecule has 4 N–H and O–H groups in total. The van der Waals surface area contributed by atoms with E-state index in [1.165, 1.54) is 0 Å². The van der Waals surface area contributed by atoms with Crippen molar-refractivity contribution in [2.75, 3.05) is 0 Å². The highest BCUT2D eigenvalue weighted by Gasteiger charge is 2.21. The molecule has 0 bridgehead atoms. The summed E-state index contributed by atoms with van der Waals surface area (Å²) in [7, 11) is 0. The van der Waals surface area contributed by atoms with Gasteiger partial charge in [-0.2, -0.15) is 0 Å². The summed E-state index contributed by atoms with van der Waals surface area (Å²) in [6, 6.07) is -0.973. The second-order valence-electron chi connectivity index (χ2n) is 5.43. The first-order valence-electron chi connectivity index (χ1n) is 5.50. The van der Waals surface area contributed by atoms with Gasteiger partial charge >= 0.3 is 6.03 Å². The van der Waals surface area contributed by atoms with Gasteiger partial charge < -0.3 is 16.4 Å². The van der Waals surface area contributed by atoms with Gasteiger partial charge in [-0.3, -0.25) is 4.79 Å². The van der Waals surface area contributed by atoms with Crippen LogP contribution in [0.4, 0.5) is 4.79 Å². The Morgan fingerprint density at radius 1 is 1.25 bits per heavy atom. The average Bonchev–Trinajstić information content (AvgIpc) is 1.97. The summed E-state index contributed by atoms with van der Waals surface area (Å²) in [5.41, 5.74) is 4.89. The molecule has 0 heterocycles. The largest absolute Gasteiger partial charge is 0.368 e. The van der Waals surface area contributed by atoms with Crippen LogP contribution in [0.2, 0.25) is 0 Å². The maximum atomic E-state index is 11.5. The van der Waals surface area contributed by atoms with Crippen molar-refractivity contribution in [1.29, 1.82) is 0 Å². The van der Waals surface area contributed by atoms with E-state index in [4.69, 9.17) is 5.73 Å². The van der Waals surface area contributed by atoms with Gasteiger partial charge in [0.2, 0.25) is 5.91 Å². The lowest BCUT2D eigenvalue weighted by Crippen LogP contribution is -2.53. The number of carbonyl (C=O) groups is 2. The minimum Gasteiger partial charge on any atom is -0.368 e. The zero-order chi connectivity index (χ0) is 12.9. The molecule has 5 heteroatoms. The Hall–Kier alpha value is -1.26. The monoisotopic (exact) mass is 229 g/mol. The molecule has 0 rings (SSSR count). The molecular weight excluding hydrogens is 206 g/mol. The third-order valence-corrected chi connectivity index (χ3v) is 1.84. The van der Waals surface area contributed by atoms with Crippen LogP contribution in [-0.2, 0) is 4.79 Å². The van der Waals surface area contributed by atoms with E-state index in [2.05, 4.69) is 10.6 Å². The Balaban J connectivity index is 4.30. The molecule has 0 saturated carbocycles. The fourth-order valence-electron chi connectivity index (χ4n) is 1.25. The van der Waals surface area contributed by atoms with Crippen molar-refractivity contribution in [2.45, 2.75) is 52.6 Å². The van der Waals surface area contributed by atoms with E-state index in [9.17, 15) is 9.59 Å². The highest BCUT2D eigenvalue weighted by molar-refractivity contribution is 5.86. The minimum atomic E-state index is -0.609. The van der Waals surface area contributed by atoms with Crippen LogP contribution in [0.25, 0.3) is 0 Å². The molecule has 0 aromatic carbocycles. The van der Waals surface area contributed by atoms with Gasteiger partial charge in [0.15, 0.2) is 0 Å². The lowest BCUT2D eigenvalue weighted by molar-refractivity contribution is -0.120. The second-order valence-corrected chi connectivity index (χ2v) is 5.43. The molecule has 0 fully saturated rings. The van der Waals surface area contributed by atoms with E-state index >= 15 is 0 Å². The van der Waals surface area contributed by atoms with Crippen molar-refractivity contribution in [3.05, 3.63) is 0 Å². The van der Waals surface area contributed by atoms with E-state index in [-0.39, 0.29) is 11.6 Å². The smallest absolute Gasteiger partial charge is 0.315 e. The molecule has 5 nitrogen and oxygen atoms in total. The number of carbonyl (C=O) groups excluding carboxylic acids is 2. The van der Waals surface area contributed by atoms with Gasteiger partial charge in [0.05, 0.1) is 0 Å². The van der Waals surface area contributed by atoms with Crippen LogP contribution in [0.1, 0.15) is 41.0 Å². The SMILES string of the molecule is CC(C)C[C@H](NC(=O)NC(C)(C)C)C(N)=O. The highest BCUT2D eigenvalue weighted by atomic mass is 16.2. The molecule has 94 valence electrons. The quantitative estimate of drug-likeness (QED) is 0.671. The molecule has 0 aliphatic carbocycles. The van der Waals surface area contributed by atoms with Crippen molar-refractivity contribution in [2.24, 2.45) is 11.7 Å². The molecule has 0 aromatic rings. The molecule has 0 spiro atoms. The molecule has 0 radical (unpaired) electrons. The Bertz CT molecular complexity index is 256. The van der Waals surface area contributed by atoms with Crippen LogP contribution in [0.3, 0.4) is 0 Å². The van der Waals surface area contributed by atoms with Crippen LogP contribution < -0.4 is 16.4 Å². The summed E-state index contributed by atoms with van der Waals surface area (Å²) >= 11 is 0. The standard InChI is InChI=1S/C11H23N3O2/c1-7(2)6-8(9(12)15)13-10(16)14-11(3,4)5/h7-8H,6H2,1-5H3,(H2,12,15)(H2,13,14,16)/t8-/m0/s1. The first-order chi connectivity index (χ1) is 7.11. The summed E-state index contributed by atoms with van der Waals surface area (Å²) in [4.78, 5) is 22.6. The van der Waals surface area contributed by atoms with Crippen molar-refractivity contribution in [1.82, 2.24) is 10.6 Å². The number of rotatable bonds is 4. The van der Waals surface area contributed by atoms with Crippen LogP contribution in [0.5, 0.6) is 0 Å². The third kappa shape index (κ3) is 7.09. The maximum absolute atomic E-state index is 11.5. The number of urea groups is 1. The first kappa shape index (κ1) is 14.7. The van der Waals surface area contributed by atoms with Crippen molar-refractivity contribution >= 4 is 11.9 Å². The normalized spacial score (nSPS) is 13.4. The second kappa shape index (κ2) is 5.72. The number of primary amides is 1. The number of amides is 3. The molecule has 1 atom stereocenters. The number of hydrogen-bond donors (Lipinski definition) is 3. The minimum absolute atomic E-state index is 0.299. The Morgan fingerprint density at radius 2 is 1.75 bits per heavy atom. The van der Waals surface area contributed by atoms with E-state index in [1.54, 1.807) is 0 Å². The van der Waals surface area contributed by atoms with Gasteiger partial charge in [-0.25, -0.2) is 4.79 Å². The highest BCUT2D eigenvalue weighted by Crippen LogP contribution is 2.05. The molecule has 0 saturated heterocycles. The van der Waals surface area contributed by atoms with Gasteiger partial charge in [0, 0.05) is 5.54 Å². The number of hydrogen-bond acceptors (Lipinski definition) is 2. The van der Waals surface area contributed by atoms with Crippen LogP contribution in [0.15, 0.2) is 0 Å². The molecule has 0 aliphatic rings. The third-order valence-electron chi connectivity index (χ3n) is 1.84. The Morgan fingerprint density at radius 3 is 2.06 bits per heavy atom. The van der Waals surface area contributed by atoms with E-state index < -0.39 is 11.9 Å². The Kier molecular flexibility index (Phi) is 5.27. The molecule has 16 heavy (non-hydrogen) atoms. The molecule has 0 aromatic heterocycles. The van der Waals surface area contributed by atoms with Gasteiger partial charge in [-0.1, -0.05) is 13.8 Å². The molecule has 0 unspecified atom stereocenters. The van der Waals surface area contributed by atoms with Crippen LogP contribution in [-0.4, -0.2) is 23.5 Å². The zero-order valence-corrected chi connectivity index (χ0v) is 10.8. The first-order valence-corrected chi connectivity index (χ1v) is 5.50. The predicted molar refractivity (Wildman–Crippen MR) is 63.9 cm³/mol. The van der Waals surface area contributed by atoms with Crippen LogP contribution >= 0.6 is 0 Å². The summed E-state index contributed by atoms with van der Waals surface area (Å²) in [6.07, 6.45) is 0.549. The molecular formula is C11H23N3O2. The summed E-state index contributed by atoms with van der Waals surface area (Å²) < 4.78 is 0. The lowest BCUT2D eigenvalue weighted by atomic mass is 10.0. The Labute approximate surface area is 97.2 Å². The summed E-state index contributed by atoms with van der Waals surface area (Å²) in [5, 5.41) is 5.30. The predicted octanol–water partition coefficient (Wildman–Crippen LogP) is 0.984. The van der Waals surface area contributed by atoms with E-state index in [1.807, 2.05) is 34.6 Å². The molecule has 3 amide bonds. The van der Waals surface area contributed by atoms with E-state index in [0.717, 1.165) is 0 Å². The van der Waals surface area contributed by atoms with Gasteiger partial charge in [-0.15, -0.1) is 0 Å². The van der Waals surface area contributed by atoms with Crippen LogP contribution in [0, 0.1) is 5.92 Å². The number of nitrogens with one attached hydrogen (secondary N) is 2. The summed E-state index contributed by atoms with van der Waals surface area (Å²) in [6.45, 7) is 9.55. The van der Waals surface area contributed by atoms with Gasteiger partial charge in [0.1, 0.15) is 6.04 Å². The van der Waals surface area contributed by atoms with E-state index in [0.29, 0.717) is 12.3 Å². The number of nitrogens with two attached hydrogens (primary N) is 1. The maximum Gasteiger partial charge on any atom is 0.315 e.